The maximum atomic E-state index is 14.2. The van der Waals surface area contributed by atoms with E-state index in [4.69, 9.17) is 5.26 Å². The van der Waals surface area contributed by atoms with Crippen LogP contribution in [-0.4, -0.2) is 30.4 Å². The second-order valence-electron chi connectivity index (χ2n) is 6.59. The Hall–Kier alpha value is -2.23. The van der Waals surface area contributed by atoms with Crippen LogP contribution in [0, 0.1) is 17.1 Å². The standard InChI is InChI=1S/C21H21BrFN3O/c22-17-7-3-6-16(14-17)19-10-4-12-25(19)15-21(27)26(13-5-11-24)20-9-2-1-8-18(20)23/h1-3,6-9,14,19H,4-5,10,12-13,15H2/t19-/m1/s1. The van der Waals surface area contributed by atoms with E-state index in [2.05, 4.69) is 33.0 Å². The third-order valence-corrected chi connectivity index (χ3v) is 5.32. The molecule has 1 heterocycles. The lowest BCUT2D eigenvalue weighted by Crippen LogP contribution is -2.41. The van der Waals surface area contributed by atoms with Gasteiger partial charge in [-0.1, -0.05) is 40.2 Å². The molecule has 0 bridgehead atoms. The molecule has 0 spiro atoms. The van der Waals surface area contributed by atoms with Gasteiger partial charge in [-0.25, -0.2) is 4.39 Å². The number of hydrogen-bond donors (Lipinski definition) is 0. The fraction of sp³-hybridized carbons (Fsp3) is 0.333. The van der Waals surface area contributed by atoms with Gasteiger partial charge in [0.05, 0.1) is 24.7 Å². The Labute approximate surface area is 167 Å². The molecule has 27 heavy (non-hydrogen) atoms. The maximum Gasteiger partial charge on any atom is 0.241 e. The van der Waals surface area contributed by atoms with Crippen LogP contribution in [0.2, 0.25) is 0 Å². The molecule has 0 saturated carbocycles. The molecule has 1 saturated heterocycles. The smallest absolute Gasteiger partial charge is 0.241 e. The minimum Gasteiger partial charge on any atom is -0.308 e. The van der Waals surface area contributed by atoms with Crippen LogP contribution in [-0.2, 0) is 4.79 Å². The van der Waals surface area contributed by atoms with E-state index in [-0.39, 0.29) is 37.1 Å². The van der Waals surface area contributed by atoms with Crippen molar-refractivity contribution in [2.24, 2.45) is 0 Å². The molecule has 0 N–H and O–H groups in total. The number of halogens is 2. The van der Waals surface area contributed by atoms with Crippen molar-refractivity contribution in [1.82, 2.24) is 4.90 Å². The molecule has 2 aromatic carbocycles. The Morgan fingerprint density at radius 3 is 2.85 bits per heavy atom. The lowest BCUT2D eigenvalue weighted by Gasteiger charge is -2.28. The molecule has 0 aromatic heterocycles. The molecule has 0 aliphatic carbocycles. The van der Waals surface area contributed by atoms with Gasteiger partial charge in [0.25, 0.3) is 0 Å². The molecular formula is C21H21BrFN3O. The van der Waals surface area contributed by atoms with Crippen LogP contribution in [0.4, 0.5) is 10.1 Å². The van der Waals surface area contributed by atoms with Gasteiger partial charge in [-0.15, -0.1) is 0 Å². The zero-order valence-corrected chi connectivity index (χ0v) is 16.5. The summed E-state index contributed by atoms with van der Waals surface area (Å²) in [5.74, 6) is -0.633. The number of nitrogens with zero attached hydrogens (tertiary/aromatic N) is 3. The van der Waals surface area contributed by atoms with E-state index in [1.54, 1.807) is 18.2 Å². The summed E-state index contributed by atoms with van der Waals surface area (Å²) in [6.07, 6.45) is 2.17. The molecule has 1 fully saturated rings. The SMILES string of the molecule is N#CCCN(C(=O)CN1CCC[C@@H]1c1cccc(Br)c1)c1ccccc1F. The molecule has 140 valence electrons. The Kier molecular flexibility index (Phi) is 6.59. The van der Waals surface area contributed by atoms with Gasteiger partial charge >= 0.3 is 0 Å². The molecule has 3 rings (SSSR count). The molecule has 0 unspecified atom stereocenters. The number of rotatable bonds is 6. The normalized spacial score (nSPS) is 16.9. The van der Waals surface area contributed by atoms with E-state index < -0.39 is 5.82 Å². The molecule has 6 heteroatoms. The summed E-state index contributed by atoms with van der Waals surface area (Å²) >= 11 is 3.50. The number of amides is 1. The summed E-state index contributed by atoms with van der Waals surface area (Å²) in [5, 5.41) is 8.92. The first-order chi connectivity index (χ1) is 13.1. The predicted octanol–water partition coefficient (Wildman–Crippen LogP) is 4.67. The van der Waals surface area contributed by atoms with Crippen molar-refractivity contribution in [2.75, 3.05) is 24.5 Å². The van der Waals surface area contributed by atoms with Gasteiger partial charge in [-0.05, 0) is 49.2 Å². The number of likely N-dealkylation sites (tertiary alicyclic amines) is 1. The molecule has 1 aliphatic heterocycles. The van der Waals surface area contributed by atoms with Gasteiger partial charge < -0.3 is 4.90 Å². The average Bonchev–Trinajstić information content (AvgIpc) is 3.11. The number of nitriles is 1. The predicted molar refractivity (Wildman–Crippen MR) is 107 cm³/mol. The van der Waals surface area contributed by atoms with E-state index >= 15 is 0 Å². The van der Waals surface area contributed by atoms with Crippen molar-refractivity contribution < 1.29 is 9.18 Å². The Balaban J connectivity index is 1.78. The van der Waals surface area contributed by atoms with Crippen LogP contribution in [0.1, 0.15) is 30.9 Å². The first-order valence-electron chi connectivity index (χ1n) is 9.01. The second kappa shape index (κ2) is 9.12. The summed E-state index contributed by atoms with van der Waals surface area (Å²) in [6, 6.07) is 16.6. The van der Waals surface area contributed by atoms with E-state index in [1.807, 2.05) is 18.2 Å². The average molecular weight is 430 g/mol. The van der Waals surface area contributed by atoms with Crippen molar-refractivity contribution >= 4 is 27.5 Å². The summed E-state index contributed by atoms with van der Waals surface area (Å²) in [7, 11) is 0. The van der Waals surface area contributed by atoms with Crippen molar-refractivity contribution in [2.45, 2.75) is 25.3 Å². The van der Waals surface area contributed by atoms with Crippen molar-refractivity contribution in [3.63, 3.8) is 0 Å². The fourth-order valence-electron chi connectivity index (χ4n) is 3.58. The molecule has 4 nitrogen and oxygen atoms in total. The second-order valence-corrected chi connectivity index (χ2v) is 7.50. The minimum absolute atomic E-state index is 0.162. The summed E-state index contributed by atoms with van der Waals surface area (Å²) in [4.78, 5) is 16.5. The lowest BCUT2D eigenvalue weighted by atomic mass is 10.0. The van der Waals surface area contributed by atoms with Crippen LogP contribution in [0.5, 0.6) is 0 Å². The van der Waals surface area contributed by atoms with Crippen molar-refractivity contribution in [1.29, 1.82) is 5.26 Å². The highest BCUT2D eigenvalue weighted by Gasteiger charge is 2.30. The third kappa shape index (κ3) is 4.74. The minimum atomic E-state index is -0.450. The van der Waals surface area contributed by atoms with Gasteiger partial charge in [0.15, 0.2) is 0 Å². The largest absolute Gasteiger partial charge is 0.308 e. The van der Waals surface area contributed by atoms with Gasteiger partial charge in [-0.3, -0.25) is 9.69 Å². The van der Waals surface area contributed by atoms with Crippen LogP contribution >= 0.6 is 15.9 Å². The third-order valence-electron chi connectivity index (χ3n) is 4.83. The van der Waals surface area contributed by atoms with E-state index in [0.717, 1.165) is 23.9 Å². The van der Waals surface area contributed by atoms with Gasteiger partial charge in [0.1, 0.15) is 5.82 Å². The van der Waals surface area contributed by atoms with Gasteiger partial charge in [-0.2, -0.15) is 5.26 Å². The van der Waals surface area contributed by atoms with E-state index in [0.29, 0.717) is 0 Å². The highest BCUT2D eigenvalue weighted by Crippen LogP contribution is 2.33. The van der Waals surface area contributed by atoms with Gasteiger partial charge in [0.2, 0.25) is 5.91 Å². The highest BCUT2D eigenvalue weighted by molar-refractivity contribution is 9.10. The monoisotopic (exact) mass is 429 g/mol. The molecule has 1 atom stereocenters. The quantitative estimate of drug-likeness (QED) is 0.669. The Bertz CT molecular complexity index is 851. The van der Waals surface area contributed by atoms with E-state index in [9.17, 15) is 9.18 Å². The van der Waals surface area contributed by atoms with Crippen LogP contribution in [0.3, 0.4) is 0 Å². The lowest BCUT2D eigenvalue weighted by molar-refractivity contribution is -0.120. The van der Waals surface area contributed by atoms with Crippen LogP contribution in [0.15, 0.2) is 53.0 Å². The zero-order chi connectivity index (χ0) is 19.2. The number of para-hydroxylation sites is 1. The fourth-order valence-corrected chi connectivity index (χ4v) is 3.99. The maximum absolute atomic E-state index is 14.2. The first-order valence-corrected chi connectivity index (χ1v) is 9.81. The van der Waals surface area contributed by atoms with Crippen molar-refractivity contribution in [3.8, 4) is 6.07 Å². The molecule has 0 radical (unpaired) electrons. The Morgan fingerprint density at radius 1 is 1.30 bits per heavy atom. The molecule has 1 amide bonds. The van der Waals surface area contributed by atoms with E-state index in [1.165, 1.54) is 16.5 Å². The van der Waals surface area contributed by atoms with Crippen LogP contribution < -0.4 is 4.90 Å². The first kappa shape index (κ1) is 19.5. The Morgan fingerprint density at radius 2 is 2.11 bits per heavy atom. The van der Waals surface area contributed by atoms with Crippen LogP contribution in [0.25, 0.3) is 0 Å². The number of carbonyl (C=O) groups excluding carboxylic acids is 1. The number of benzene rings is 2. The summed E-state index contributed by atoms with van der Waals surface area (Å²) in [5.41, 5.74) is 1.40. The summed E-state index contributed by atoms with van der Waals surface area (Å²) in [6.45, 7) is 1.22. The molecule has 1 aliphatic rings. The zero-order valence-electron chi connectivity index (χ0n) is 14.9. The number of carbonyl (C=O) groups is 1. The molecular weight excluding hydrogens is 409 g/mol. The number of hydrogen-bond acceptors (Lipinski definition) is 3. The molecule has 2 aromatic rings. The van der Waals surface area contributed by atoms with Gasteiger partial charge in [0, 0.05) is 17.1 Å². The number of anilines is 1. The highest BCUT2D eigenvalue weighted by atomic mass is 79.9. The topological polar surface area (TPSA) is 47.3 Å². The summed E-state index contributed by atoms with van der Waals surface area (Å²) < 4.78 is 15.2. The van der Waals surface area contributed by atoms with Crippen molar-refractivity contribution in [3.05, 3.63) is 64.4 Å².